The summed E-state index contributed by atoms with van der Waals surface area (Å²) in [5, 5.41) is 15.6. The van der Waals surface area contributed by atoms with Gasteiger partial charge < -0.3 is 20.6 Å². The lowest BCUT2D eigenvalue weighted by atomic mass is 9.76. The van der Waals surface area contributed by atoms with E-state index in [1.807, 2.05) is 83.5 Å². The van der Waals surface area contributed by atoms with Crippen LogP contribution in [-0.4, -0.2) is 68.4 Å². The summed E-state index contributed by atoms with van der Waals surface area (Å²) in [6.07, 6.45) is 1.56. The minimum absolute atomic E-state index is 0.0990. The Kier molecular flexibility index (Phi) is 11.9. The van der Waals surface area contributed by atoms with E-state index in [-0.39, 0.29) is 34.0 Å². The highest BCUT2D eigenvalue weighted by Crippen LogP contribution is 2.29. The Morgan fingerprint density at radius 1 is 0.909 bits per heavy atom. The smallest absolute Gasteiger partial charge is 0.264 e. The van der Waals surface area contributed by atoms with E-state index < -0.39 is 44.9 Å². The largest absolute Gasteiger partial charge is 0.508 e. The fraction of sp³-hybridized carbons (Fsp3) is 0.485. The molecule has 10 nitrogen and oxygen atoms in total. The van der Waals surface area contributed by atoms with Crippen molar-refractivity contribution in [3.8, 4) is 5.75 Å². The molecule has 0 spiro atoms. The van der Waals surface area contributed by atoms with Gasteiger partial charge in [0.15, 0.2) is 0 Å². The number of rotatable bonds is 12. The van der Waals surface area contributed by atoms with E-state index in [2.05, 4.69) is 10.6 Å². The highest BCUT2D eigenvalue weighted by Gasteiger charge is 2.41. The molecule has 4 N–H and O–H groups in total. The van der Waals surface area contributed by atoms with E-state index in [0.717, 1.165) is 5.56 Å². The molecule has 3 amide bonds. The van der Waals surface area contributed by atoms with Crippen molar-refractivity contribution in [2.24, 2.45) is 11.3 Å². The predicted molar refractivity (Wildman–Crippen MR) is 172 cm³/mol. The molecule has 0 heterocycles. The van der Waals surface area contributed by atoms with Crippen molar-refractivity contribution >= 4 is 27.7 Å². The van der Waals surface area contributed by atoms with Crippen molar-refractivity contribution < 1.29 is 27.9 Å². The van der Waals surface area contributed by atoms with Gasteiger partial charge >= 0.3 is 0 Å². The summed E-state index contributed by atoms with van der Waals surface area (Å²) in [4.78, 5) is 42.0. The van der Waals surface area contributed by atoms with E-state index in [1.54, 1.807) is 20.2 Å². The van der Waals surface area contributed by atoms with Crippen LogP contribution in [0.2, 0.25) is 0 Å². The number of phenolic OH excluding ortho intramolecular Hbond substituents is 1. The second-order valence-corrected chi connectivity index (χ2v) is 14.8. The molecule has 0 saturated carbocycles. The Morgan fingerprint density at radius 3 is 1.93 bits per heavy atom. The van der Waals surface area contributed by atoms with Gasteiger partial charge in [-0.1, -0.05) is 84.9 Å². The summed E-state index contributed by atoms with van der Waals surface area (Å²) in [7, 11) is -0.869. The molecular formula is C33H48N4O6S. The van der Waals surface area contributed by atoms with Crippen LogP contribution < -0.4 is 15.4 Å². The van der Waals surface area contributed by atoms with Crippen LogP contribution in [0.5, 0.6) is 5.75 Å². The van der Waals surface area contributed by atoms with Gasteiger partial charge in [0.2, 0.25) is 11.8 Å². The quantitative estimate of drug-likeness (QED) is 0.262. The molecule has 0 saturated heterocycles. The molecule has 11 heteroatoms. The maximum absolute atomic E-state index is 14.0. The van der Waals surface area contributed by atoms with Gasteiger partial charge in [0.05, 0.1) is 17.0 Å². The molecule has 0 aliphatic rings. The van der Waals surface area contributed by atoms with Crippen molar-refractivity contribution in [2.45, 2.75) is 83.8 Å². The zero-order chi connectivity index (χ0) is 33.6. The van der Waals surface area contributed by atoms with Crippen molar-refractivity contribution in [3.05, 3.63) is 71.8 Å². The number of sulfonamides is 1. The summed E-state index contributed by atoms with van der Waals surface area (Å²) >= 11 is 0. The van der Waals surface area contributed by atoms with Gasteiger partial charge in [-0.3, -0.25) is 14.4 Å². The fourth-order valence-electron chi connectivity index (χ4n) is 5.05. The number of aromatic hydroxyl groups is 1. The molecule has 0 unspecified atom stereocenters. The fourth-order valence-corrected chi connectivity index (χ4v) is 6.07. The van der Waals surface area contributed by atoms with Crippen LogP contribution in [0, 0.1) is 11.3 Å². The van der Waals surface area contributed by atoms with Gasteiger partial charge in [-0.25, -0.2) is 13.1 Å². The first-order chi connectivity index (χ1) is 20.2. The minimum atomic E-state index is -4.19. The first-order valence-electron chi connectivity index (χ1n) is 14.6. The van der Waals surface area contributed by atoms with Gasteiger partial charge in [-0.15, -0.1) is 0 Å². The van der Waals surface area contributed by atoms with E-state index in [0.29, 0.717) is 0 Å². The number of amides is 3. The van der Waals surface area contributed by atoms with Crippen LogP contribution in [0.1, 0.15) is 61.0 Å². The Labute approximate surface area is 262 Å². The molecular weight excluding hydrogens is 580 g/mol. The number of nitrogens with zero attached hydrogens (tertiary/aromatic N) is 1. The third-order valence-corrected chi connectivity index (χ3v) is 9.17. The lowest BCUT2D eigenvalue weighted by Crippen LogP contribution is -2.61. The zero-order valence-corrected chi connectivity index (χ0v) is 28.2. The summed E-state index contributed by atoms with van der Waals surface area (Å²) < 4.78 is 27.5. The van der Waals surface area contributed by atoms with Crippen LogP contribution in [0.3, 0.4) is 0 Å². The zero-order valence-electron chi connectivity index (χ0n) is 27.4. The summed E-state index contributed by atoms with van der Waals surface area (Å²) in [5.41, 5.74) is -0.184. The average molecular weight is 629 g/mol. The van der Waals surface area contributed by atoms with Crippen LogP contribution in [0.15, 0.2) is 71.1 Å². The lowest BCUT2D eigenvalue weighted by Gasteiger charge is -2.40. The normalized spacial score (nSPS) is 14.8. The third-order valence-electron chi connectivity index (χ3n) is 7.82. The van der Waals surface area contributed by atoms with Crippen LogP contribution in [0.25, 0.3) is 0 Å². The number of hydrogen-bond acceptors (Lipinski definition) is 7. The summed E-state index contributed by atoms with van der Waals surface area (Å²) in [6.45, 7) is 14.8. The molecule has 0 aromatic heterocycles. The highest BCUT2D eigenvalue weighted by molar-refractivity contribution is 7.90. The van der Waals surface area contributed by atoms with Gasteiger partial charge in [-0.2, -0.15) is 0 Å². The van der Waals surface area contributed by atoms with Gasteiger partial charge in [0.1, 0.15) is 11.8 Å². The Bertz CT molecular complexity index is 1450. The SMILES string of the molecule is CN[C@H](C(=O)N[C@H](C(=O)N(C)[C@H](/C=C(\C)C(=O)NS(=O)(=O)c1ccc(O)cc1)C(C)C)C(C)(C)C)C(C)(C)c1ccccc1. The Morgan fingerprint density at radius 2 is 1.45 bits per heavy atom. The molecule has 2 rings (SSSR count). The number of hydrogen-bond donors (Lipinski definition) is 4. The molecule has 3 atom stereocenters. The van der Waals surface area contributed by atoms with E-state index >= 15 is 0 Å². The molecule has 44 heavy (non-hydrogen) atoms. The van der Waals surface area contributed by atoms with E-state index in [4.69, 9.17) is 0 Å². The first kappa shape index (κ1) is 36.5. The second-order valence-electron chi connectivity index (χ2n) is 13.1. The number of carbonyl (C=O) groups is 3. The van der Waals surface area contributed by atoms with E-state index in [9.17, 15) is 27.9 Å². The van der Waals surface area contributed by atoms with Gasteiger partial charge in [0, 0.05) is 18.0 Å². The molecule has 0 aliphatic heterocycles. The second kappa shape index (κ2) is 14.4. The topological polar surface area (TPSA) is 145 Å². The first-order valence-corrected chi connectivity index (χ1v) is 16.1. The van der Waals surface area contributed by atoms with E-state index in [1.165, 1.54) is 36.1 Å². The Hall–Kier alpha value is -3.70. The summed E-state index contributed by atoms with van der Waals surface area (Å²) in [6, 6.07) is 12.3. The molecule has 0 bridgehead atoms. The number of benzene rings is 2. The van der Waals surface area contributed by atoms with Crippen molar-refractivity contribution in [3.63, 3.8) is 0 Å². The number of phenols is 1. The maximum atomic E-state index is 14.0. The number of nitrogens with one attached hydrogen (secondary N) is 3. The summed E-state index contributed by atoms with van der Waals surface area (Å²) in [5.74, 6) is -1.78. The molecule has 0 radical (unpaired) electrons. The monoisotopic (exact) mass is 628 g/mol. The van der Waals surface area contributed by atoms with Crippen LogP contribution >= 0.6 is 0 Å². The number of likely N-dealkylation sites (N-methyl/N-ethyl adjacent to an activating group) is 2. The Balaban J connectivity index is 2.33. The maximum Gasteiger partial charge on any atom is 0.264 e. The molecule has 242 valence electrons. The van der Waals surface area contributed by atoms with Gasteiger partial charge in [-0.05, 0) is 55.1 Å². The predicted octanol–water partition coefficient (Wildman–Crippen LogP) is 3.72. The molecule has 0 fully saturated rings. The molecule has 2 aromatic carbocycles. The minimum Gasteiger partial charge on any atom is -0.508 e. The molecule has 2 aromatic rings. The van der Waals surface area contributed by atoms with Crippen LogP contribution in [0.4, 0.5) is 0 Å². The number of carbonyl (C=O) groups excluding carboxylic acids is 3. The third kappa shape index (κ3) is 8.92. The van der Waals surface area contributed by atoms with Crippen molar-refractivity contribution in [2.75, 3.05) is 14.1 Å². The standard InChI is InChI=1S/C33H48N4O6S/c1-21(2)26(20-22(3)29(39)36-44(42,43)25-18-16-24(38)17-19-25)37(10)31(41)28(32(4,5)6)35-30(40)27(34-9)33(7,8)23-14-12-11-13-15-23/h11-21,26-28,34,38H,1-10H3,(H,35,40)(H,36,39)/b22-20+/t26-,27-,28-/m1/s1. The molecule has 0 aliphatic carbocycles. The van der Waals surface area contributed by atoms with Crippen molar-refractivity contribution in [1.82, 2.24) is 20.3 Å². The average Bonchev–Trinajstić information content (AvgIpc) is 2.93. The van der Waals surface area contributed by atoms with Crippen molar-refractivity contribution in [1.29, 1.82) is 0 Å². The highest BCUT2D eigenvalue weighted by atomic mass is 32.2. The lowest BCUT2D eigenvalue weighted by molar-refractivity contribution is -0.140. The van der Waals surface area contributed by atoms with Crippen LogP contribution in [-0.2, 0) is 29.8 Å². The van der Waals surface area contributed by atoms with Gasteiger partial charge in [0.25, 0.3) is 15.9 Å².